The number of thioether (sulfide) groups is 1. The van der Waals surface area contributed by atoms with Crippen LogP contribution in [0.25, 0.3) is 18.2 Å². The molecule has 0 radical (unpaired) electrons. The van der Waals surface area contributed by atoms with E-state index in [1.807, 2.05) is 52.8 Å². The van der Waals surface area contributed by atoms with Gasteiger partial charge in [0, 0.05) is 74.3 Å². The largest absolute Gasteiger partial charge is 0.481 e. The summed E-state index contributed by atoms with van der Waals surface area (Å²) in [4.78, 5) is 55.3. The zero-order chi connectivity index (χ0) is 32.7. The first-order valence-corrected chi connectivity index (χ1v) is 16.7. The molecule has 0 bridgehead atoms. The molecule has 10 nitrogen and oxygen atoms in total. The van der Waals surface area contributed by atoms with E-state index in [0.717, 1.165) is 55.9 Å². The van der Waals surface area contributed by atoms with Crippen molar-refractivity contribution in [2.75, 3.05) is 5.75 Å². The molecule has 0 spiro atoms. The van der Waals surface area contributed by atoms with E-state index in [4.69, 9.17) is 0 Å². The summed E-state index contributed by atoms with van der Waals surface area (Å²) in [7, 11) is 0. The van der Waals surface area contributed by atoms with Crippen molar-refractivity contribution in [3.63, 3.8) is 0 Å². The van der Waals surface area contributed by atoms with Gasteiger partial charge in [-0.1, -0.05) is 13.8 Å². The number of amides is 2. The highest BCUT2D eigenvalue weighted by Crippen LogP contribution is 2.40. The average Bonchev–Trinajstić information content (AvgIpc) is 3.52. The van der Waals surface area contributed by atoms with Gasteiger partial charge < -0.3 is 30.8 Å². The molecular formula is C33H40N4O6S2. The van der Waals surface area contributed by atoms with E-state index in [2.05, 4.69) is 33.2 Å². The van der Waals surface area contributed by atoms with Crippen LogP contribution in [0, 0.1) is 25.7 Å². The molecule has 0 aliphatic carbocycles. The summed E-state index contributed by atoms with van der Waals surface area (Å²) < 4.78 is 0. The molecular weight excluding hydrogens is 613 g/mol. The van der Waals surface area contributed by atoms with Gasteiger partial charge in [0.05, 0.1) is 6.04 Å². The smallest absolute Gasteiger partial charge is 0.303 e. The third-order valence-electron chi connectivity index (χ3n) is 9.18. The van der Waals surface area contributed by atoms with E-state index in [1.54, 1.807) is 11.8 Å². The van der Waals surface area contributed by atoms with Crippen LogP contribution in [0.5, 0.6) is 0 Å². The fraction of sp³-hybridized carbons (Fsp3) is 0.455. The number of aromatic amines is 2. The van der Waals surface area contributed by atoms with E-state index in [-0.39, 0.29) is 59.5 Å². The third kappa shape index (κ3) is 6.81. The average molecular weight is 653 g/mol. The number of nitrogens with one attached hydrogen (secondary N) is 4. The summed E-state index contributed by atoms with van der Waals surface area (Å²) in [5.74, 6) is -1.30. The van der Waals surface area contributed by atoms with Crippen LogP contribution < -0.4 is 21.3 Å². The van der Waals surface area contributed by atoms with Crippen molar-refractivity contribution in [2.45, 2.75) is 76.8 Å². The van der Waals surface area contributed by atoms with Gasteiger partial charge in [-0.2, -0.15) is 24.4 Å². The SMILES string of the molecule is CC1=C([C@@H]2CS2)C(=O)N[C@@H]1/C=c1/[nH]/c(=C\c2[nH]c(/C=C3\NC(=O)[C@H](C)[C@H]3[C@H](C)S)c(C)c2CCC(=O)O)c(CCC(=O)O)c1C. The van der Waals surface area contributed by atoms with Gasteiger partial charge in [-0.15, -0.1) is 0 Å². The quantitative estimate of drug-likeness (QED) is 0.145. The number of hydrogen-bond donors (Lipinski definition) is 7. The monoisotopic (exact) mass is 652 g/mol. The molecule has 5 atom stereocenters. The maximum atomic E-state index is 12.7. The van der Waals surface area contributed by atoms with E-state index in [0.29, 0.717) is 17.5 Å². The molecule has 2 aromatic heterocycles. The Kier molecular flexibility index (Phi) is 9.46. The number of H-pyrrole nitrogens is 2. The molecule has 5 heterocycles. The number of allylic oxidation sites excluding steroid dienone is 1. The van der Waals surface area contributed by atoms with Gasteiger partial charge in [-0.25, -0.2) is 0 Å². The normalized spacial score (nSPS) is 25.3. The highest BCUT2D eigenvalue weighted by atomic mass is 32.2. The molecule has 2 aromatic rings. The van der Waals surface area contributed by atoms with Gasteiger partial charge in [-0.3, -0.25) is 19.2 Å². The standard InChI is InChI=1S/C33H40N4O6S2/c1-14-19(6-8-28(38)39)24(34-21(14)10-23-16(3)31(27-13-45-27)33(43)36-23)12-25-20(7-9-29(40)41)15(2)22(35-25)11-26-30(18(5)44)17(4)32(42)37-26/h10-12,17-18,23,27,30,34-35,44H,6-9,13H2,1-5H3,(H,36,43)(H,37,42)(H,38,39)(H,40,41)/b21-10+,24-12-,26-11-/t17-,18+,23-,27+,30+/m1/s1. The Hall–Kier alpha value is -3.64. The van der Waals surface area contributed by atoms with Crippen molar-refractivity contribution < 1.29 is 29.4 Å². The van der Waals surface area contributed by atoms with Crippen molar-refractivity contribution in [2.24, 2.45) is 11.8 Å². The molecule has 2 amide bonds. The topological polar surface area (TPSA) is 164 Å². The highest BCUT2D eigenvalue weighted by molar-refractivity contribution is 8.07. The molecule has 0 unspecified atom stereocenters. The number of carboxylic acids is 2. The molecule has 3 aliphatic heterocycles. The first-order valence-electron chi connectivity index (χ1n) is 15.2. The summed E-state index contributed by atoms with van der Waals surface area (Å²) in [6.07, 6.45) is 6.25. The number of hydrogen-bond acceptors (Lipinski definition) is 6. The second-order valence-corrected chi connectivity index (χ2v) is 14.3. The van der Waals surface area contributed by atoms with E-state index in [9.17, 15) is 29.4 Å². The number of aliphatic carboxylic acids is 2. The van der Waals surface area contributed by atoms with Crippen molar-refractivity contribution in [3.8, 4) is 0 Å². The molecule has 240 valence electrons. The predicted molar refractivity (Wildman–Crippen MR) is 178 cm³/mol. The Labute approximate surface area is 271 Å². The number of carbonyl (C=O) groups is 4. The molecule has 0 aromatic carbocycles. The van der Waals surface area contributed by atoms with Crippen LogP contribution in [-0.2, 0) is 32.0 Å². The Bertz CT molecular complexity index is 1760. The lowest BCUT2D eigenvalue weighted by Gasteiger charge is -2.17. The summed E-state index contributed by atoms with van der Waals surface area (Å²) in [5, 5.41) is 26.7. The summed E-state index contributed by atoms with van der Waals surface area (Å²) in [6, 6.07) is -0.269. The Morgan fingerprint density at radius 1 is 0.978 bits per heavy atom. The third-order valence-corrected chi connectivity index (χ3v) is 10.4. The molecule has 6 N–H and O–H groups in total. The first kappa shape index (κ1) is 32.7. The fourth-order valence-electron chi connectivity index (χ4n) is 6.53. The maximum Gasteiger partial charge on any atom is 0.303 e. The molecule has 5 rings (SSSR count). The fourth-order valence-corrected chi connectivity index (χ4v) is 7.67. The number of thiol groups is 1. The van der Waals surface area contributed by atoms with Crippen LogP contribution in [0.1, 0.15) is 67.3 Å². The molecule has 12 heteroatoms. The van der Waals surface area contributed by atoms with E-state index >= 15 is 0 Å². The number of aromatic nitrogens is 2. The maximum absolute atomic E-state index is 12.7. The molecule has 45 heavy (non-hydrogen) atoms. The van der Waals surface area contributed by atoms with Gasteiger partial charge in [0.25, 0.3) is 0 Å². The molecule has 2 saturated heterocycles. The van der Waals surface area contributed by atoms with Crippen LogP contribution in [-0.4, -0.2) is 66.2 Å². The number of carbonyl (C=O) groups excluding carboxylic acids is 2. The lowest BCUT2D eigenvalue weighted by atomic mass is 9.91. The van der Waals surface area contributed by atoms with Crippen LogP contribution in [0.15, 0.2) is 16.8 Å². The lowest BCUT2D eigenvalue weighted by molar-refractivity contribution is -0.138. The van der Waals surface area contributed by atoms with Gasteiger partial charge in [-0.05, 0) is 79.7 Å². The first-order chi connectivity index (χ1) is 21.3. The van der Waals surface area contributed by atoms with Gasteiger partial charge in [0.2, 0.25) is 11.8 Å². The van der Waals surface area contributed by atoms with Crippen molar-refractivity contribution >= 4 is 66.4 Å². The zero-order valence-corrected chi connectivity index (χ0v) is 27.7. The van der Waals surface area contributed by atoms with Crippen LogP contribution in [0.2, 0.25) is 0 Å². The van der Waals surface area contributed by atoms with Crippen molar-refractivity contribution in [1.29, 1.82) is 0 Å². The van der Waals surface area contributed by atoms with Crippen LogP contribution in [0.4, 0.5) is 0 Å². The predicted octanol–water partition coefficient (Wildman–Crippen LogP) is 2.57. The minimum atomic E-state index is -0.914. The Morgan fingerprint density at radius 2 is 1.62 bits per heavy atom. The van der Waals surface area contributed by atoms with E-state index in [1.165, 1.54) is 0 Å². The molecule has 3 aliphatic rings. The minimum Gasteiger partial charge on any atom is -0.481 e. The van der Waals surface area contributed by atoms with E-state index < -0.39 is 11.9 Å². The summed E-state index contributed by atoms with van der Waals surface area (Å²) in [5.41, 5.74) is 7.49. The Balaban J connectivity index is 1.63. The molecule has 0 saturated carbocycles. The number of rotatable bonds is 11. The Morgan fingerprint density at radius 3 is 2.22 bits per heavy atom. The lowest BCUT2D eigenvalue weighted by Crippen LogP contribution is -2.29. The van der Waals surface area contributed by atoms with Gasteiger partial charge in [0.1, 0.15) is 0 Å². The minimum absolute atomic E-state index is 0.0418. The van der Waals surface area contributed by atoms with Crippen molar-refractivity contribution in [3.05, 3.63) is 61.2 Å². The summed E-state index contributed by atoms with van der Waals surface area (Å²) in [6.45, 7) is 9.68. The second-order valence-electron chi connectivity index (χ2n) is 12.2. The zero-order valence-electron chi connectivity index (χ0n) is 26.0. The highest BCUT2D eigenvalue weighted by Gasteiger charge is 2.39. The number of carboxylic acid groups (broad SMARTS) is 2. The second kappa shape index (κ2) is 13.0. The molecule has 2 fully saturated rings. The van der Waals surface area contributed by atoms with Crippen molar-refractivity contribution in [1.82, 2.24) is 20.6 Å². The van der Waals surface area contributed by atoms with Gasteiger partial charge in [0.15, 0.2) is 0 Å². The van der Waals surface area contributed by atoms with Gasteiger partial charge >= 0.3 is 11.9 Å². The summed E-state index contributed by atoms with van der Waals surface area (Å²) >= 11 is 6.38. The van der Waals surface area contributed by atoms with Crippen LogP contribution in [0.3, 0.4) is 0 Å². The van der Waals surface area contributed by atoms with Crippen LogP contribution >= 0.6 is 24.4 Å².